The molecule has 0 heterocycles. The number of rotatable bonds is 14. The zero-order chi connectivity index (χ0) is 24.1. The second-order valence-electron chi connectivity index (χ2n) is 8.34. The van der Waals surface area contributed by atoms with Gasteiger partial charge in [-0.2, -0.15) is 0 Å². The average Bonchev–Trinajstić information content (AvgIpc) is 2.90. The van der Waals surface area contributed by atoms with Crippen molar-refractivity contribution in [3.8, 4) is 0 Å². The van der Waals surface area contributed by atoms with Crippen LogP contribution in [0.1, 0.15) is 46.5 Å². The van der Waals surface area contributed by atoms with Crippen molar-refractivity contribution in [3.05, 3.63) is 34.9 Å². The fraction of sp³-hybridized carbons (Fsp3) is 0.652. The highest BCUT2D eigenvalue weighted by atomic mass is 127. The van der Waals surface area contributed by atoms with E-state index in [0.29, 0.717) is 19.5 Å². The van der Waals surface area contributed by atoms with Gasteiger partial charge in [-0.15, -0.1) is 0 Å². The summed E-state index contributed by atoms with van der Waals surface area (Å²) in [5.41, 5.74) is 5.57. The molecule has 3 N–H and O–H groups in total. The molecule has 0 aromatic rings. The molecule has 1 atom stereocenters. The van der Waals surface area contributed by atoms with E-state index in [-0.39, 0.29) is 24.8 Å². The van der Waals surface area contributed by atoms with Crippen LogP contribution in [0.15, 0.2) is 34.9 Å². The molecule has 0 saturated carbocycles. The summed E-state index contributed by atoms with van der Waals surface area (Å²) < 4.78 is 5.68. The fourth-order valence-corrected chi connectivity index (χ4v) is 4.60. The highest BCUT2D eigenvalue weighted by Crippen LogP contribution is 2.26. The second-order valence-corrected chi connectivity index (χ2v) is 10.4. The van der Waals surface area contributed by atoms with E-state index in [2.05, 4.69) is 39.9 Å². The summed E-state index contributed by atoms with van der Waals surface area (Å²) >= 11 is 5.48. The molecular formula is C23H41ClIN5O2. The van der Waals surface area contributed by atoms with Gasteiger partial charge in [-0.25, -0.2) is 13.4 Å². The van der Waals surface area contributed by atoms with Gasteiger partial charge in [0.05, 0.1) is 6.17 Å². The number of hydrogen-bond donors (Lipinski definition) is 3. The summed E-state index contributed by atoms with van der Waals surface area (Å²) in [4.78, 5) is 17.3. The summed E-state index contributed by atoms with van der Waals surface area (Å²) in [5.74, 6) is 0. The van der Waals surface area contributed by atoms with Crippen LogP contribution < -0.4 is 10.7 Å². The molecule has 1 aliphatic carbocycles. The van der Waals surface area contributed by atoms with E-state index in [1.54, 1.807) is 3.22 Å². The minimum Gasteiger partial charge on any atom is -0.396 e. The van der Waals surface area contributed by atoms with Crippen molar-refractivity contribution in [3.63, 3.8) is 0 Å². The fourth-order valence-electron chi connectivity index (χ4n) is 3.26. The summed E-state index contributed by atoms with van der Waals surface area (Å²) in [6, 6.07) is 0.0602. The van der Waals surface area contributed by atoms with Gasteiger partial charge in [0.25, 0.3) is 0 Å². The Morgan fingerprint density at radius 2 is 2.00 bits per heavy atom. The molecule has 0 aliphatic heterocycles. The van der Waals surface area contributed by atoms with Crippen molar-refractivity contribution in [2.45, 2.75) is 58.7 Å². The second kappa shape index (κ2) is 16.0. The first-order chi connectivity index (χ1) is 15.2. The van der Waals surface area contributed by atoms with Gasteiger partial charge in [0, 0.05) is 58.3 Å². The monoisotopic (exact) mass is 581 g/mol. The molecule has 9 heteroatoms. The third kappa shape index (κ3) is 10.9. The topological polar surface area (TPSA) is 71.1 Å². The van der Waals surface area contributed by atoms with Crippen LogP contribution in [0, 0.1) is 0 Å². The lowest BCUT2D eigenvalue weighted by atomic mass is 10.0. The Bertz CT molecular complexity index is 683. The highest BCUT2D eigenvalue weighted by Gasteiger charge is 2.23. The minimum absolute atomic E-state index is 0.0319. The number of aliphatic hydroxyl groups is 1. The normalized spacial score (nSPS) is 15.4. The van der Waals surface area contributed by atoms with E-state index in [0.717, 1.165) is 43.0 Å². The molecule has 0 aromatic heterocycles. The molecule has 1 aliphatic rings. The standard InChI is InChI=1S/C23H41ClIN5O2/c1-18(2)29(23(32)30(25-5)27-20(4)26-12-8-16-31)15-14-28(6)13-11-21-9-7-10-22(24)19(3)17-21/h9-10,18,20,26-27,31H,3,5,7-8,11-17H2,1-2,4,6H3/t20-/m0/s1. The van der Waals surface area contributed by atoms with Gasteiger partial charge < -0.3 is 20.2 Å². The largest absolute Gasteiger partial charge is 0.396 e. The molecule has 0 bridgehead atoms. The van der Waals surface area contributed by atoms with Gasteiger partial charge >= 0.3 is 6.03 Å². The number of carbonyl (C=O) groups is 1. The maximum absolute atomic E-state index is 13.2. The Morgan fingerprint density at radius 3 is 2.62 bits per heavy atom. The van der Waals surface area contributed by atoms with Crippen LogP contribution in [-0.4, -0.2) is 80.7 Å². The van der Waals surface area contributed by atoms with Crippen LogP contribution in [0.2, 0.25) is 0 Å². The first-order valence-corrected chi connectivity index (χ1v) is 14.1. The summed E-state index contributed by atoms with van der Waals surface area (Å²) in [5, 5.41) is 13.0. The molecule has 184 valence electrons. The van der Waals surface area contributed by atoms with Gasteiger partial charge in [-0.3, -0.25) is 0 Å². The maximum Gasteiger partial charge on any atom is 0.343 e. The van der Waals surface area contributed by atoms with Crippen molar-refractivity contribution in [2.75, 3.05) is 39.8 Å². The predicted octanol–water partition coefficient (Wildman–Crippen LogP) is 3.98. The van der Waals surface area contributed by atoms with Gasteiger partial charge in [-0.1, -0.05) is 35.9 Å². The van der Waals surface area contributed by atoms with Gasteiger partial charge in [-0.05, 0) is 70.1 Å². The number of allylic oxidation sites excluding steroid dienone is 4. The Hall–Kier alpha value is -0.780. The molecule has 2 amide bonds. The lowest BCUT2D eigenvalue weighted by Gasteiger charge is -2.33. The molecule has 1 rings (SSSR count). The third-order valence-corrected chi connectivity index (χ3v) is 7.06. The van der Waals surface area contributed by atoms with Crippen molar-refractivity contribution in [1.29, 1.82) is 0 Å². The first kappa shape index (κ1) is 29.3. The smallest absolute Gasteiger partial charge is 0.343 e. The van der Waals surface area contributed by atoms with Gasteiger partial charge in [0.1, 0.15) is 0 Å². The summed E-state index contributed by atoms with van der Waals surface area (Å²) in [6.07, 6.45) is 7.52. The van der Waals surface area contributed by atoms with Crippen molar-refractivity contribution in [1.82, 2.24) is 23.8 Å². The van der Waals surface area contributed by atoms with Crippen molar-refractivity contribution >= 4 is 43.2 Å². The molecule has 0 fully saturated rings. The summed E-state index contributed by atoms with van der Waals surface area (Å²) in [7, 11) is 2.10. The number of hydrazine groups is 1. The first-order valence-electron chi connectivity index (χ1n) is 11.2. The number of carbonyl (C=O) groups excluding carboxylic acids is 1. The number of urea groups is 1. The Balaban J connectivity index is 2.54. The number of likely N-dealkylation sites (N-methyl/N-ethyl adjacent to an activating group) is 1. The van der Waals surface area contributed by atoms with Crippen LogP contribution in [-0.2, 0) is 0 Å². The van der Waals surface area contributed by atoms with E-state index in [1.807, 2.05) is 31.7 Å². The zero-order valence-corrected chi connectivity index (χ0v) is 23.0. The number of nitrogens with one attached hydrogen (secondary N) is 2. The molecular weight excluding hydrogens is 541 g/mol. The van der Waals surface area contributed by atoms with Gasteiger partial charge in [0.2, 0.25) is 0 Å². The molecule has 32 heavy (non-hydrogen) atoms. The highest BCUT2D eigenvalue weighted by molar-refractivity contribution is 14.2. The quantitative estimate of drug-likeness (QED) is 0.0723. The predicted molar refractivity (Wildman–Crippen MR) is 145 cm³/mol. The maximum atomic E-state index is 13.2. The molecule has 0 unspecified atom stereocenters. The molecule has 0 saturated heterocycles. The molecule has 0 spiro atoms. The number of aliphatic hydroxyl groups excluding tert-OH is 1. The van der Waals surface area contributed by atoms with Crippen molar-refractivity contribution < 1.29 is 9.90 Å². The van der Waals surface area contributed by atoms with E-state index in [1.165, 1.54) is 5.57 Å². The molecule has 0 radical (unpaired) electrons. The lowest BCUT2D eigenvalue weighted by Crippen LogP contribution is -2.54. The van der Waals surface area contributed by atoms with Crippen LogP contribution in [0.25, 0.3) is 0 Å². The van der Waals surface area contributed by atoms with Crippen molar-refractivity contribution in [2.24, 2.45) is 0 Å². The Morgan fingerprint density at radius 1 is 1.28 bits per heavy atom. The lowest BCUT2D eigenvalue weighted by molar-refractivity contribution is 0.146. The van der Waals surface area contributed by atoms with E-state index in [9.17, 15) is 4.79 Å². The molecule has 0 aromatic carbocycles. The number of amides is 2. The minimum atomic E-state index is -0.719. The average molecular weight is 582 g/mol. The molecule has 7 nitrogen and oxygen atoms in total. The van der Waals surface area contributed by atoms with Crippen LogP contribution >= 0.6 is 32.6 Å². The third-order valence-electron chi connectivity index (χ3n) is 5.27. The Labute approximate surface area is 209 Å². The summed E-state index contributed by atoms with van der Waals surface area (Å²) in [6.45, 7) is 13.3. The SMILES string of the molecule is C=IN(N[C@@H](C)NCCCO)C(=O)N(CCN(C)CCC1=CCC=C(Cl)C(=C)C1)C(C)C. The number of hydrogen-bond acceptors (Lipinski definition) is 5. The zero-order valence-electron chi connectivity index (χ0n) is 20.0. The van der Waals surface area contributed by atoms with E-state index in [4.69, 9.17) is 16.7 Å². The van der Waals surface area contributed by atoms with Crippen LogP contribution in [0.4, 0.5) is 4.79 Å². The van der Waals surface area contributed by atoms with Gasteiger partial charge in [0.15, 0.2) is 0 Å². The number of halogens is 2. The Kier molecular flexibility index (Phi) is 14.6. The number of nitrogens with zero attached hydrogens (tertiary/aromatic N) is 3. The van der Waals surface area contributed by atoms with Crippen LogP contribution in [0.5, 0.6) is 0 Å². The van der Waals surface area contributed by atoms with E-state index >= 15 is 0 Å². The van der Waals surface area contributed by atoms with E-state index < -0.39 is 21.0 Å². The van der Waals surface area contributed by atoms with Crippen LogP contribution in [0.3, 0.4) is 0 Å².